The molecule has 3 rings (SSSR count). The van der Waals surface area contributed by atoms with Crippen LogP contribution in [0.2, 0.25) is 0 Å². The number of rotatable bonds is 4. The molecule has 0 spiro atoms. The van der Waals surface area contributed by atoms with E-state index in [2.05, 4.69) is 15.3 Å². The first kappa shape index (κ1) is 12.0. The second kappa shape index (κ2) is 5.73. The molecule has 0 aromatic carbocycles. The van der Waals surface area contributed by atoms with Crippen LogP contribution in [0.15, 0.2) is 18.3 Å². The minimum atomic E-state index is 0.429. The predicted octanol–water partition coefficient (Wildman–Crippen LogP) is 2.00. The van der Waals surface area contributed by atoms with E-state index in [1.807, 2.05) is 18.3 Å². The van der Waals surface area contributed by atoms with Gasteiger partial charge in [0.2, 0.25) is 0 Å². The van der Waals surface area contributed by atoms with Crippen LogP contribution in [0.25, 0.3) is 10.3 Å². The zero-order chi connectivity index (χ0) is 12.2. The lowest BCUT2D eigenvalue weighted by atomic mass is 10.1. The average molecular weight is 263 g/mol. The van der Waals surface area contributed by atoms with Gasteiger partial charge in [0.1, 0.15) is 10.3 Å². The summed E-state index contributed by atoms with van der Waals surface area (Å²) in [5.41, 5.74) is 0.999. The van der Waals surface area contributed by atoms with E-state index in [1.165, 1.54) is 0 Å². The van der Waals surface area contributed by atoms with Gasteiger partial charge in [-0.3, -0.25) is 0 Å². The number of hydrogen-bond donors (Lipinski definition) is 1. The minimum absolute atomic E-state index is 0.429. The third-order valence-corrected chi connectivity index (χ3v) is 4.21. The van der Waals surface area contributed by atoms with Crippen LogP contribution in [0.1, 0.15) is 17.8 Å². The molecule has 2 aromatic rings. The van der Waals surface area contributed by atoms with Gasteiger partial charge in [-0.05, 0) is 38.1 Å². The average Bonchev–Trinajstić information content (AvgIpc) is 2.82. The van der Waals surface area contributed by atoms with Gasteiger partial charge in [0.05, 0.1) is 17.7 Å². The first-order valence-corrected chi connectivity index (χ1v) is 7.26. The van der Waals surface area contributed by atoms with Gasteiger partial charge < -0.3 is 10.1 Å². The van der Waals surface area contributed by atoms with E-state index in [0.717, 1.165) is 54.3 Å². The largest absolute Gasteiger partial charge is 0.378 e. The Kier molecular flexibility index (Phi) is 3.83. The van der Waals surface area contributed by atoms with Crippen molar-refractivity contribution in [1.82, 2.24) is 15.3 Å². The van der Waals surface area contributed by atoms with Gasteiger partial charge in [-0.15, -0.1) is 0 Å². The van der Waals surface area contributed by atoms with Crippen LogP contribution in [0.5, 0.6) is 0 Å². The molecule has 0 amide bonds. The van der Waals surface area contributed by atoms with Crippen LogP contribution in [0, 0.1) is 0 Å². The van der Waals surface area contributed by atoms with Gasteiger partial charge in [-0.2, -0.15) is 0 Å². The Hall–Kier alpha value is -1.04. The van der Waals surface area contributed by atoms with E-state index in [1.54, 1.807) is 11.3 Å². The SMILES string of the molecule is c1cnc2sc(CCOC3CCNCC3)nc2c1. The minimum Gasteiger partial charge on any atom is -0.378 e. The van der Waals surface area contributed by atoms with Gasteiger partial charge >= 0.3 is 0 Å². The van der Waals surface area contributed by atoms with Crippen molar-refractivity contribution >= 4 is 21.7 Å². The Morgan fingerprint density at radius 2 is 2.28 bits per heavy atom. The Morgan fingerprint density at radius 3 is 3.11 bits per heavy atom. The highest BCUT2D eigenvalue weighted by molar-refractivity contribution is 7.18. The van der Waals surface area contributed by atoms with Gasteiger partial charge in [0.15, 0.2) is 0 Å². The lowest BCUT2D eigenvalue weighted by Gasteiger charge is -2.22. The van der Waals surface area contributed by atoms with Crippen LogP contribution in [-0.2, 0) is 11.2 Å². The van der Waals surface area contributed by atoms with Crippen LogP contribution in [-0.4, -0.2) is 35.8 Å². The fourth-order valence-corrected chi connectivity index (χ4v) is 3.08. The summed E-state index contributed by atoms with van der Waals surface area (Å²) >= 11 is 1.67. The van der Waals surface area contributed by atoms with E-state index in [-0.39, 0.29) is 0 Å². The molecule has 4 nitrogen and oxygen atoms in total. The fraction of sp³-hybridized carbons (Fsp3) is 0.538. The Morgan fingerprint density at radius 1 is 1.39 bits per heavy atom. The molecule has 2 aromatic heterocycles. The maximum absolute atomic E-state index is 5.89. The maximum atomic E-state index is 5.89. The van der Waals surface area contributed by atoms with E-state index in [4.69, 9.17) is 4.74 Å². The topological polar surface area (TPSA) is 47.0 Å². The van der Waals surface area contributed by atoms with Crippen molar-refractivity contribution in [3.63, 3.8) is 0 Å². The highest BCUT2D eigenvalue weighted by Gasteiger charge is 2.13. The molecule has 0 bridgehead atoms. The van der Waals surface area contributed by atoms with Gasteiger partial charge in [-0.25, -0.2) is 9.97 Å². The molecule has 1 saturated heterocycles. The van der Waals surface area contributed by atoms with Crippen LogP contribution in [0.3, 0.4) is 0 Å². The molecule has 0 unspecified atom stereocenters. The summed E-state index contributed by atoms with van der Waals surface area (Å²) in [4.78, 5) is 9.89. The monoisotopic (exact) mass is 263 g/mol. The van der Waals surface area contributed by atoms with Crippen molar-refractivity contribution < 1.29 is 4.74 Å². The quantitative estimate of drug-likeness (QED) is 0.916. The molecular weight excluding hydrogens is 246 g/mol. The van der Waals surface area contributed by atoms with Crippen molar-refractivity contribution in [2.24, 2.45) is 0 Å². The number of nitrogens with one attached hydrogen (secondary N) is 1. The van der Waals surface area contributed by atoms with Gasteiger partial charge in [0, 0.05) is 12.6 Å². The highest BCUT2D eigenvalue weighted by atomic mass is 32.1. The molecule has 5 heteroatoms. The van der Waals surface area contributed by atoms with Crippen LogP contribution in [0.4, 0.5) is 0 Å². The summed E-state index contributed by atoms with van der Waals surface area (Å²) in [5.74, 6) is 0. The maximum Gasteiger partial charge on any atom is 0.143 e. The number of thiazole rings is 1. The molecule has 3 heterocycles. The van der Waals surface area contributed by atoms with Gasteiger partial charge in [0.25, 0.3) is 0 Å². The molecule has 0 aliphatic carbocycles. The van der Waals surface area contributed by atoms with Crippen molar-refractivity contribution in [3.8, 4) is 0 Å². The molecule has 1 N–H and O–H groups in total. The second-order valence-electron chi connectivity index (χ2n) is 4.51. The van der Waals surface area contributed by atoms with E-state index in [0.29, 0.717) is 6.10 Å². The highest BCUT2D eigenvalue weighted by Crippen LogP contribution is 2.19. The number of fused-ring (bicyclic) bond motifs is 1. The standard InChI is InChI=1S/C13H17N3OS/c1-2-11-13(15-6-1)18-12(16-11)5-9-17-10-3-7-14-8-4-10/h1-2,6,10,14H,3-5,7-9H2. The molecule has 1 aliphatic heterocycles. The molecule has 1 aliphatic rings. The summed E-state index contributed by atoms with van der Waals surface area (Å²) in [6.45, 7) is 2.93. The fourth-order valence-electron chi connectivity index (χ4n) is 2.20. The summed E-state index contributed by atoms with van der Waals surface area (Å²) in [6, 6.07) is 3.94. The molecular formula is C13H17N3OS. The molecule has 18 heavy (non-hydrogen) atoms. The molecule has 96 valence electrons. The third-order valence-electron chi connectivity index (χ3n) is 3.17. The predicted molar refractivity (Wildman–Crippen MR) is 73.0 cm³/mol. The zero-order valence-electron chi connectivity index (χ0n) is 10.3. The number of ether oxygens (including phenoxy) is 1. The second-order valence-corrected chi connectivity index (χ2v) is 5.57. The van der Waals surface area contributed by atoms with Crippen LogP contribution >= 0.6 is 11.3 Å². The smallest absolute Gasteiger partial charge is 0.143 e. The summed E-state index contributed by atoms with van der Waals surface area (Å²) < 4.78 is 5.89. The number of nitrogens with zero attached hydrogens (tertiary/aromatic N) is 2. The number of hydrogen-bond acceptors (Lipinski definition) is 5. The summed E-state index contributed by atoms with van der Waals surface area (Å²) in [7, 11) is 0. The normalized spacial score (nSPS) is 17.3. The zero-order valence-corrected chi connectivity index (χ0v) is 11.1. The van der Waals surface area contributed by atoms with Gasteiger partial charge in [-0.1, -0.05) is 11.3 Å². The molecule has 0 radical (unpaired) electrons. The Bertz CT molecular complexity index is 475. The third kappa shape index (κ3) is 2.85. The van der Waals surface area contributed by atoms with Crippen molar-refractivity contribution in [2.75, 3.05) is 19.7 Å². The van der Waals surface area contributed by atoms with Crippen molar-refractivity contribution in [3.05, 3.63) is 23.3 Å². The number of piperidine rings is 1. The van der Waals surface area contributed by atoms with E-state index >= 15 is 0 Å². The molecule has 0 saturated carbocycles. The Balaban J connectivity index is 1.53. The first-order chi connectivity index (χ1) is 8.92. The summed E-state index contributed by atoms with van der Waals surface area (Å²) in [5, 5.41) is 4.46. The summed E-state index contributed by atoms with van der Waals surface area (Å²) in [6.07, 6.45) is 5.39. The first-order valence-electron chi connectivity index (χ1n) is 6.44. The molecule has 0 atom stereocenters. The van der Waals surface area contributed by atoms with E-state index in [9.17, 15) is 0 Å². The van der Waals surface area contributed by atoms with E-state index < -0.39 is 0 Å². The van der Waals surface area contributed by atoms with Crippen molar-refractivity contribution in [2.45, 2.75) is 25.4 Å². The van der Waals surface area contributed by atoms with Crippen LogP contribution < -0.4 is 5.32 Å². The number of aromatic nitrogens is 2. The number of pyridine rings is 1. The lowest BCUT2D eigenvalue weighted by molar-refractivity contribution is 0.0349. The lowest BCUT2D eigenvalue weighted by Crippen LogP contribution is -2.32. The Labute approximate surface area is 110 Å². The molecule has 1 fully saturated rings. The van der Waals surface area contributed by atoms with Crippen molar-refractivity contribution in [1.29, 1.82) is 0 Å².